The van der Waals surface area contributed by atoms with Gasteiger partial charge in [0.25, 0.3) is 0 Å². The Labute approximate surface area is 199 Å². The summed E-state index contributed by atoms with van der Waals surface area (Å²) in [5.74, 6) is 0.644. The Balaban J connectivity index is 1.40. The lowest BCUT2D eigenvalue weighted by atomic mass is 10.0. The average molecular weight is 466 g/mol. The molecule has 2 aliphatic heterocycles. The van der Waals surface area contributed by atoms with Gasteiger partial charge in [-0.2, -0.15) is 0 Å². The van der Waals surface area contributed by atoms with E-state index in [-0.39, 0.29) is 18.0 Å². The first-order valence-electron chi connectivity index (χ1n) is 12.0. The molecule has 2 aromatic carbocycles. The van der Waals surface area contributed by atoms with Gasteiger partial charge in [0.2, 0.25) is 0 Å². The standard InChI is InChI=1S/C25H32FN7O/c1-30(2)21-9-5-19(6-10-21)24(25-27-28-29-33(25)18-23-4-3-17-34-23)32-15-13-31(14-16-32)22-11-7-20(26)8-12-22/h5-12,23-24H,3-4,13-18H2,1-2H3/t23-,24-/m0/s1. The van der Waals surface area contributed by atoms with E-state index in [1.807, 2.05) is 30.9 Å². The molecular weight excluding hydrogens is 433 g/mol. The molecule has 2 saturated heterocycles. The monoisotopic (exact) mass is 465 g/mol. The lowest BCUT2D eigenvalue weighted by Crippen LogP contribution is -2.48. The second-order valence-electron chi connectivity index (χ2n) is 9.24. The molecule has 3 heterocycles. The number of benzene rings is 2. The largest absolute Gasteiger partial charge is 0.378 e. The Morgan fingerprint density at radius 3 is 2.41 bits per heavy atom. The first-order valence-corrected chi connectivity index (χ1v) is 12.0. The van der Waals surface area contributed by atoms with Crippen LogP contribution < -0.4 is 9.80 Å². The van der Waals surface area contributed by atoms with Gasteiger partial charge < -0.3 is 14.5 Å². The molecule has 0 radical (unpaired) electrons. The fourth-order valence-electron chi connectivity index (χ4n) is 4.89. The number of hydrogen-bond donors (Lipinski definition) is 0. The van der Waals surface area contributed by atoms with E-state index in [1.165, 1.54) is 17.7 Å². The number of aromatic nitrogens is 4. The molecule has 0 N–H and O–H groups in total. The summed E-state index contributed by atoms with van der Waals surface area (Å²) < 4.78 is 21.1. The SMILES string of the molecule is CN(C)c1ccc([C@@H](c2nnnn2C[C@@H]2CCCO2)N2CCN(c3ccc(F)cc3)CC2)cc1. The zero-order valence-electron chi connectivity index (χ0n) is 19.8. The van der Waals surface area contributed by atoms with Gasteiger partial charge in [-0.1, -0.05) is 12.1 Å². The highest BCUT2D eigenvalue weighted by Gasteiger charge is 2.31. The third-order valence-electron chi connectivity index (χ3n) is 6.80. The fourth-order valence-corrected chi connectivity index (χ4v) is 4.89. The Kier molecular flexibility index (Phi) is 6.73. The van der Waals surface area contributed by atoms with Crippen molar-refractivity contribution in [3.8, 4) is 0 Å². The van der Waals surface area contributed by atoms with Crippen molar-refractivity contribution in [2.45, 2.75) is 31.5 Å². The van der Waals surface area contributed by atoms with Crippen LogP contribution in [0.3, 0.4) is 0 Å². The van der Waals surface area contributed by atoms with Crippen molar-refractivity contribution in [3.05, 3.63) is 65.7 Å². The van der Waals surface area contributed by atoms with Gasteiger partial charge in [0, 0.05) is 58.3 Å². The van der Waals surface area contributed by atoms with Gasteiger partial charge in [-0.05, 0) is 65.2 Å². The van der Waals surface area contributed by atoms with Crippen LogP contribution in [-0.2, 0) is 11.3 Å². The predicted molar refractivity (Wildman–Crippen MR) is 130 cm³/mol. The molecule has 0 saturated carbocycles. The number of rotatable bonds is 7. The molecule has 8 nitrogen and oxygen atoms in total. The summed E-state index contributed by atoms with van der Waals surface area (Å²) in [4.78, 5) is 6.85. The van der Waals surface area contributed by atoms with Crippen LogP contribution in [0.15, 0.2) is 48.5 Å². The predicted octanol–water partition coefficient (Wildman–Crippen LogP) is 2.97. The maximum atomic E-state index is 13.4. The number of anilines is 2. The molecule has 9 heteroatoms. The Morgan fingerprint density at radius 1 is 1.03 bits per heavy atom. The summed E-state index contributed by atoms with van der Waals surface area (Å²) in [6.45, 7) is 4.89. The number of tetrazole rings is 1. The van der Waals surface area contributed by atoms with Crippen LogP contribution in [0.5, 0.6) is 0 Å². The highest BCUT2D eigenvalue weighted by molar-refractivity contribution is 5.48. The Bertz CT molecular complexity index is 1060. The highest BCUT2D eigenvalue weighted by Crippen LogP contribution is 2.31. The topological polar surface area (TPSA) is 62.6 Å². The van der Waals surface area contributed by atoms with E-state index in [0.29, 0.717) is 6.54 Å². The maximum Gasteiger partial charge on any atom is 0.173 e. The second kappa shape index (κ2) is 10.1. The van der Waals surface area contributed by atoms with Gasteiger partial charge >= 0.3 is 0 Å². The molecule has 0 unspecified atom stereocenters. The van der Waals surface area contributed by atoms with E-state index in [4.69, 9.17) is 4.74 Å². The Hall–Kier alpha value is -3.04. The van der Waals surface area contributed by atoms with Crippen molar-refractivity contribution in [2.75, 3.05) is 56.7 Å². The van der Waals surface area contributed by atoms with Crippen molar-refractivity contribution in [1.82, 2.24) is 25.1 Å². The second-order valence-corrected chi connectivity index (χ2v) is 9.24. The molecule has 1 aromatic heterocycles. The number of halogens is 1. The van der Waals surface area contributed by atoms with Crippen molar-refractivity contribution in [3.63, 3.8) is 0 Å². The molecule has 34 heavy (non-hydrogen) atoms. The molecule has 3 aromatic rings. The molecule has 180 valence electrons. The summed E-state index contributed by atoms with van der Waals surface area (Å²) in [6, 6.07) is 15.3. The molecule has 0 spiro atoms. The number of hydrogen-bond acceptors (Lipinski definition) is 7. The van der Waals surface area contributed by atoms with Gasteiger partial charge in [0.05, 0.1) is 18.7 Å². The van der Waals surface area contributed by atoms with Gasteiger partial charge in [0.1, 0.15) is 5.82 Å². The number of nitrogens with zero attached hydrogens (tertiary/aromatic N) is 7. The van der Waals surface area contributed by atoms with E-state index >= 15 is 0 Å². The summed E-state index contributed by atoms with van der Waals surface area (Å²) >= 11 is 0. The van der Waals surface area contributed by atoms with Crippen LogP contribution in [0, 0.1) is 5.82 Å². The lowest BCUT2D eigenvalue weighted by molar-refractivity contribution is 0.0906. The molecule has 0 amide bonds. The quantitative estimate of drug-likeness (QED) is 0.532. The van der Waals surface area contributed by atoms with Crippen LogP contribution >= 0.6 is 0 Å². The zero-order valence-corrected chi connectivity index (χ0v) is 19.8. The molecule has 2 aliphatic rings. The lowest BCUT2D eigenvalue weighted by Gasteiger charge is -2.40. The maximum absolute atomic E-state index is 13.4. The van der Waals surface area contributed by atoms with Crippen molar-refractivity contribution in [1.29, 1.82) is 0 Å². The van der Waals surface area contributed by atoms with E-state index in [9.17, 15) is 4.39 Å². The summed E-state index contributed by atoms with van der Waals surface area (Å²) in [6.07, 6.45) is 2.29. The van der Waals surface area contributed by atoms with Crippen LogP contribution in [0.4, 0.5) is 15.8 Å². The van der Waals surface area contributed by atoms with Crippen molar-refractivity contribution >= 4 is 11.4 Å². The fraction of sp³-hybridized carbons (Fsp3) is 0.480. The van der Waals surface area contributed by atoms with Gasteiger partial charge in [-0.15, -0.1) is 5.10 Å². The molecule has 0 bridgehead atoms. The average Bonchev–Trinajstić information content (AvgIpc) is 3.54. The van der Waals surface area contributed by atoms with Crippen LogP contribution in [-0.4, -0.2) is 78.1 Å². The van der Waals surface area contributed by atoms with E-state index < -0.39 is 0 Å². The third kappa shape index (κ3) is 4.90. The molecule has 0 aliphatic carbocycles. The Morgan fingerprint density at radius 2 is 1.76 bits per heavy atom. The molecule has 2 fully saturated rings. The minimum atomic E-state index is -0.207. The van der Waals surface area contributed by atoms with Crippen molar-refractivity contribution < 1.29 is 9.13 Å². The van der Waals surface area contributed by atoms with Crippen LogP contribution in [0.2, 0.25) is 0 Å². The zero-order chi connectivity index (χ0) is 23.5. The summed E-state index contributed by atoms with van der Waals surface area (Å²) in [5.41, 5.74) is 3.38. The minimum absolute atomic E-state index is 0.0528. The molecule has 5 rings (SSSR count). The van der Waals surface area contributed by atoms with Crippen molar-refractivity contribution in [2.24, 2.45) is 0 Å². The van der Waals surface area contributed by atoms with E-state index in [0.717, 1.165) is 62.8 Å². The number of piperazine rings is 1. The third-order valence-corrected chi connectivity index (χ3v) is 6.80. The first kappa shape index (κ1) is 22.7. The van der Waals surface area contributed by atoms with Crippen LogP contribution in [0.25, 0.3) is 0 Å². The molecular formula is C25H32FN7O. The summed E-state index contributed by atoms with van der Waals surface area (Å²) in [5, 5.41) is 12.9. The van der Waals surface area contributed by atoms with Gasteiger partial charge in [-0.3, -0.25) is 4.90 Å². The highest BCUT2D eigenvalue weighted by atomic mass is 19.1. The first-order chi connectivity index (χ1) is 16.6. The van der Waals surface area contributed by atoms with E-state index in [1.54, 1.807) is 0 Å². The smallest absolute Gasteiger partial charge is 0.173 e. The van der Waals surface area contributed by atoms with Gasteiger partial charge in [0.15, 0.2) is 5.82 Å². The molecule has 2 atom stereocenters. The number of ether oxygens (including phenoxy) is 1. The minimum Gasteiger partial charge on any atom is -0.378 e. The van der Waals surface area contributed by atoms with E-state index in [2.05, 4.69) is 54.5 Å². The summed E-state index contributed by atoms with van der Waals surface area (Å²) in [7, 11) is 4.09. The van der Waals surface area contributed by atoms with Gasteiger partial charge in [-0.25, -0.2) is 9.07 Å². The van der Waals surface area contributed by atoms with Crippen LogP contribution in [0.1, 0.15) is 30.3 Å². The normalized spacial score (nSPS) is 20.0.